The SMILES string of the molecule is Nc1ccc(-c2nc3ccc(Nc4ncc(Cl)c(-c5c[nH]c6ccccc56)n4)cc3o2)cc1. The molecule has 0 amide bonds. The lowest BCUT2D eigenvalue weighted by molar-refractivity contribution is 0.620. The van der Waals surface area contributed by atoms with E-state index >= 15 is 0 Å². The summed E-state index contributed by atoms with van der Waals surface area (Å²) in [6.07, 6.45) is 3.50. The van der Waals surface area contributed by atoms with Gasteiger partial charge in [0.15, 0.2) is 5.58 Å². The van der Waals surface area contributed by atoms with Crippen molar-refractivity contribution in [2.75, 3.05) is 11.1 Å². The Morgan fingerprint density at radius 2 is 1.82 bits per heavy atom. The lowest BCUT2D eigenvalue weighted by Gasteiger charge is -2.08. The average molecular weight is 453 g/mol. The number of para-hydroxylation sites is 1. The fourth-order valence-corrected chi connectivity index (χ4v) is 3.96. The number of fused-ring (bicyclic) bond motifs is 2. The van der Waals surface area contributed by atoms with Gasteiger partial charge in [0.25, 0.3) is 0 Å². The van der Waals surface area contributed by atoms with E-state index in [1.165, 1.54) is 0 Å². The van der Waals surface area contributed by atoms with Crippen molar-refractivity contribution in [3.63, 3.8) is 0 Å². The molecule has 33 heavy (non-hydrogen) atoms. The number of nitrogens with zero attached hydrogens (tertiary/aromatic N) is 3. The normalized spacial score (nSPS) is 11.3. The second-order valence-corrected chi connectivity index (χ2v) is 7.99. The van der Waals surface area contributed by atoms with Crippen LogP contribution in [0.15, 0.2) is 83.5 Å². The van der Waals surface area contributed by atoms with Crippen molar-refractivity contribution in [3.8, 4) is 22.7 Å². The molecule has 0 spiro atoms. The number of aromatic amines is 1. The van der Waals surface area contributed by atoms with Gasteiger partial charge in [0.05, 0.1) is 16.9 Å². The molecule has 8 heteroatoms. The Kier molecular flexibility index (Phi) is 4.48. The molecule has 3 aromatic carbocycles. The van der Waals surface area contributed by atoms with Gasteiger partial charge in [0, 0.05) is 45.7 Å². The molecule has 3 heterocycles. The van der Waals surface area contributed by atoms with E-state index in [4.69, 9.17) is 21.8 Å². The van der Waals surface area contributed by atoms with Gasteiger partial charge in [-0.1, -0.05) is 29.8 Å². The summed E-state index contributed by atoms with van der Waals surface area (Å²) in [5, 5.41) is 4.75. The monoisotopic (exact) mass is 452 g/mol. The highest BCUT2D eigenvalue weighted by atomic mass is 35.5. The van der Waals surface area contributed by atoms with Gasteiger partial charge in [-0.05, 0) is 42.5 Å². The van der Waals surface area contributed by atoms with Crippen LogP contribution in [0, 0.1) is 0 Å². The predicted molar refractivity (Wildman–Crippen MR) is 131 cm³/mol. The number of nitrogen functional groups attached to an aromatic ring is 1. The molecule has 0 aliphatic heterocycles. The van der Waals surface area contributed by atoms with Gasteiger partial charge in [0.1, 0.15) is 5.52 Å². The number of nitrogens with two attached hydrogens (primary N) is 1. The first-order valence-corrected chi connectivity index (χ1v) is 10.6. The van der Waals surface area contributed by atoms with E-state index in [2.05, 4.69) is 25.3 Å². The van der Waals surface area contributed by atoms with Crippen LogP contribution in [0.4, 0.5) is 17.3 Å². The molecule has 0 fully saturated rings. The highest BCUT2D eigenvalue weighted by molar-refractivity contribution is 6.33. The van der Waals surface area contributed by atoms with Crippen molar-refractivity contribution in [1.29, 1.82) is 0 Å². The average Bonchev–Trinajstić information content (AvgIpc) is 3.45. The zero-order valence-corrected chi connectivity index (χ0v) is 18.0. The van der Waals surface area contributed by atoms with E-state index < -0.39 is 0 Å². The molecule has 3 aromatic heterocycles. The zero-order valence-electron chi connectivity index (χ0n) is 17.2. The Morgan fingerprint density at radius 1 is 0.970 bits per heavy atom. The molecule has 4 N–H and O–H groups in total. The van der Waals surface area contributed by atoms with E-state index in [1.54, 1.807) is 6.20 Å². The molecule has 160 valence electrons. The van der Waals surface area contributed by atoms with Crippen molar-refractivity contribution < 1.29 is 4.42 Å². The Hall–Kier alpha value is -4.36. The first kappa shape index (κ1) is 19.3. The molecule has 6 aromatic rings. The van der Waals surface area contributed by atoms with Gasteiger partial charge < -0.3 is 20.5 Å². The minimum atomic E-state index is 0.428. The van der Waals surface area contributed by atoms with Crippen LogP contribution >= 0.6 is 11.6 Å². The molecular formula is C25H17ClN6O. The summed E-state index contributed by atoms with van der Waals surface area (Å²) < 4.78 is 5.96. The van der Waals surface area contributed by atoms with E-state index in [1.807, 2.05) is 72.9 Å². The number of nitrogens with one attached hydrogen (secondary N) is 2. The number of oxazole rings is 1. The first-order valence-electron chi connectivity index (χ1n) is 10.3. The maximum atomic E-state index is 6.44. The fraction of sp³-hybridized carbons (Fsp3) is 0. The third-order valence-electron chi connectivity index (χ3n) is 5.39. The smallest absolute Gasteiger partial charge is 0.227 e. The standard InChI is InChI=1S/C25H17ClN6O/c26-19-13-29-25(32-23(19)18-12-28-20-4-2-1-3-17(18)20)30-16-9-10-21-22(11-16)33-24(31-21)14-5-7-15(27)8-6-14/h1-13,28H,27H2,(H,29,30,32). The quantitative estimate of drug-likeness (QED) is 0.267. The van der Waals surface area contributed by atoms with Crippen molar-refractivity contribution in [2.45, 2.75) is 0 Å². The number of halogens is 1. The molecule has 0 aliphatic carbocycles. The fourth-order valence-electron chi connectivity index (χ4n) is 3.76. The molecule has 0 saturated heterocycles. The molecule has 0 unspecified atom stereocenters. The van der Waals surface area contributed by atoms with Crippen LogP contribution in [-0.4, -0.2) is 19.9 Å². The van der Waals surface area contributed by atoms with Crippen molar-refractivity contribution in [3.05, 3.63) is 84.1 Å². The third-order valence-corrected chi connectivity index (χ3v) is 5.67. The molecular weight excluding hydrogens is 436 g/mol. The summed E-state index contributed by atoms with van der Waals surface area (Å²) in [6, 6.07) is 21.1. The summed E-state index contributed by atoms with van der Waals surface area (Å²) in [5.74, 6) is 0.962. The summed E-state index contributed by atoms with van der Waals surface area (Å²) in [6.45, 7) is 0. The maximum Gasteiger partial charge on any atom is 0.227 e. The molecule has 0 bridgehead atoms. The van der Waals surface area contributed by atoms with Crippen LogP contribution in [0.3, 0.4) is 0 Å². The molecule has 0 radical (unpaired) electrons. The predicted octanol–water partition coefficient (Wildman–Crippen LogP) is 6.41. The molecule has 6 rings (SSSR count). The number of benzene rings is 3. The lowest BCUT2D eigenvalue weighted by atomic mass is 10.1. The summed E-state index contributed by atoms with van der Waals surface area (Å²) in [7, 11) is 0. The number of rotatable bonds is 4. The number of H-pyrrole nitrogens is 1. The Balaban J connectivity index is 1.33. The van der Waals surface area contributed by atoms with Crippen molar-refractivity contribution in [2.24, 2.45) is 0 Å². The van der Waals surface area contributed by atoms with Crippen molar-refractivity contribution in [1.82, 2.24) is 19.9 Å². The van der Waals surface area contributed by atoms with Crippen LogP contribution in [0.1, 0.15) is 0 Å². The minimum absolute atomic E-state index is 0.428. The van der Waals surface area contributed by atoms with Crippen molar-refractivity contribution >= 4 is 50.9 Å². The number of hydrogen-bond acceptors (Lipinski definition) is 6. The lowest BCUT2D eigenvalue weighted by Crippen LogP contribution is -1.98. The van der Waals surface area contributed by atoms with E-state index in [-0.39, 0.29) is 0 Å². The van der Waals surface area contributed by atoms with Gasteiger partial charge in [0.2, 0.25) is 11.8 Å². The summed E-state index contributed by atoms with van der Waals surface area (Å²) in [4.78, 5) is 16.8. The number of hydrogen-bond donors (Lipinski definition) is 3. The number of aromatic nitrogens is 4. The number of anilines is 3. The summed E-state index contributed by atoms with van der Waals surface area (Å²) in [5.41, 5.74) is 12.1. The van der Waals surface area contributed by atoms with Crippen LogP contribution in [-0.2, 0) is 0 Å². The van der Waals surface area contributed by atoms with E-state index in [0.717, 1.165) is 33.2 Å². The Morgan fingerprint density at radius 3 is 2.70 bits per heavy atom. The van der Waals surface area contributed by atoms with Gasteiger partial charge in [-0.2, -0.15) is 0 Å². The highest BCUT2D eigenvalue weighted by Gasteiger charge is 2.14. The largest absolute Gasteiger partial charge is 0.436 e. The highest BCUT2D eigenvalue weighted by Crippen LogP contribution is 2.33. The van der Waals surface area contributed by atoms with Gasteiger partial charge in [-0.25, -0.2) is 15.0 Å². The summed E-state index contributed by atoms with van der Waals surface area (Å²) >= 11 is 6.44. The second-order valence-electron chi connectivity index (χ2n) is 7.59. The Labute approximate surface area is 193 Å². The second kappa shape index (κ2) is 7.65. The molecule has 0 aliphatic rings. The zero-order chi connectivity index (χ0) is 22.4. The third kappa shape index (κ3) is 3.54. The van der Waals surface area contributed by atoms with Crippen LogP contribution in [0.25, 0.3) is 44.7 Å². The van der Waals surface area contributed by atoms with Crippen LogP contribution in [0.5, 0.6) is 0 Å². The van der Waals surface area contributed by atoms with Crippen LogP contribution < -0.4 is 11.1 Å². The first-order chi connectivity index (χ1) is 16.1. The molecule has 0 atom stereocenters. The molecule has 7 nitrogen and oxygen atoms in total. The van der Waals surface area contributed by atoms with E-state index in [0.29, 0.717) is 33.8 Å². The topological polar surface area (TPSA) is 106 Å². The minimum Gasteiger partial charge on any atom is -0.436 e. The van der Waals surface area contributed by atoms with E-state index in [9.17, 15) is 0 Å². The Bertz CT molecular complexity index is 1620. The maximum absolute atomic E-state index is 6.44. The van der Waals surface area contributed by atoms with Gasteiger partial charge in [-0.15, -0.1) is 0 Å². The van der Waals surface area contributed by atoms with Crippen LogP contribution in [0.2, 0.25) is 5.02 Å². The van der Waals surface area contributed by atoms with Gasteiger partial charge >= 0.3 is 0 Å². The van der Waals surface area contributed by atoms with Gasteiger partial charge in [-0.3, -0.25) is 0 Å². The molecule has 0 saturated carbocycles.